The average Bonchev–Trinajstić information content (AvgIpc) is 2.49. The Kier molecular flexibility index (Phi) is 3.08. The van der Waals surface area contributed by atoms with Crippen molar-refractivity contribution in [1.29, 1.82) is 0 Å². The Labute approximate surface area is 114 Å². The first-order chi connectivity index (χ1) is 9.28. The van der Waals surface area contributed by atoms with Crippen LogP contribution in [-0.2, 0) is 0 Å². The summed E-state index contributed by atoms with van der Waals surface area (Å²) in [6.45, 7) is 3.23. The molecule has 0 fully saturated rings. The summed E-state index contributed by atoms with van der Waals surface area (Å²) in [5.41, 5.74) is 2.61. The van der Waals surface area contributed by atoms with Gasteiger partial charge in [-0.1, -0.05) is 30.4 Å². The first kappa shape index (κ1) is 12.0. The van der Waals surface area contributed by atoms with Crippen LogP contribution in [0, 0.1) is 0 Å². The maximum absolute atomic E-state index is 4.06. The minimum absolute atomic E-state index is 0.103. The molecule has 1 aliphatic heterocycles. The van der Waals surface area contributed by atoms with E-state index in [1.54, 1.807) is 0 Å². The Bertz CT molecular complexity index is 566. The van der Waals surface area contributed by atoms with Crippen LogP contribution in [0.4, 0.5) is 0 Å². The Morgan fingerprint density at radius 3 is 2.68 bits per heavy atom. The summed E-state index contributed by atoms with van der Waals surface area (Å²) in [5, 5.41) is 0. The first-order valence-corrected chi connectivity index (χ1v) is 6.68. The van der Waals surface area contributed by atoms with Crippen LogP contribution in [0.1, 0.15) is 18.9 Å². The molecule has 1 aromatic heterocycles. The van der Waals surface area contributed by atoms with Gasteiger partial charge in [-0.2, -0.15) is 0 Å². The van der Waals surface area contributed by atoms with Crippen LogP contribution < -0.4 is 0 Å². The van der Waals surface area contributed by atoms with E-state index >= 15 is 0 Å². The zero-order valence-corrected chi connectivity index (χ0v) is 11.2. The van der Waals surface area contributed by atoms with Gasteiger partial charge in [0.2, 0.25) is 0 Å². The predicted octanol–water partition coefficient (Wildman–Crippen LogP) is 3.57. The fraction of sp³-hybridized carbons (Fsp3) is 0.235. The van der Waals surface area contributed by atoms with E-state index in [-0.39, 0.29) is 5.54 Å². The fourth-order valence-corrected chi connectivity index (χ4v) is 2.56. The standard InChI is InChI=1S/C17H18N2/c1-17(9-3-2-4-10-17)19-13-7-16(8-14-19)15-5-11-18-12-6-15/h2-9,11-13H,10,14H2,1H3. The van der Waals surface area contributed by atoms with Crippen LogP contribution in [-0.4, -0.2) is 22.0 Å². The molecule has 0 bridgehead atoms. The van der Waals surface area contributed by atoms with Crippen molar-refractivity contribution in [3.8, 4) is 0 Å². The number of hydrogen-bond donors (Lipinski definition) is 0. The third kappa shape index (κ3) is 2.39. The Morgan fingerprint density at radius 2 is 2.05 bits per heavy atom. The van der Waals surface area contributed by atoms with E-state index in [1.807, 2.05) is 12.4 Å². The first-order valence-electron chi connectivity index (χ1n) is 6.68. The molecule has 0 aromatic carbocycles. The van der Waals surface area contributed by atoms with E-state index in [9.17, 15) is 0 Å². The molecule has 2 nitrogen and oxygen atoms in total. The van der Waals surface area contributed by atoms with Gasteiger partial charge in [-0.15, -0.1) is 0 Å². The van der Waals surface area contributed by atoms with Crippen molar-refractivity contribution in [2.45, 2.75) is 18.9 Å². The van der Waals surface area contributed by atoms with Gasteiger partial charge >= 0.3 is 0 Å². The molecule has 2 heterocycles. The van der Waals surface area contributed by atoms with Crippen LogP contribution >= 0.6 is 0 Å². The maximum atomic E-state index is 4.06. The average molecular weight is 250 g/mol. The van der Waals surface area contributed by atoms with Gasteiger partial charge in [0, 0.05) is 25.1 Å². The second-order valence-corrected chi connectivity index (χ2v) is 5.21. The number of nitrogens with zero attached hydrogens (tertiary/aromatic N) is 2. The summed E-state index contributed by atoms with van der Waals surface area (Å²) in [4.78, 5) is 6.45. The van der Waals surface area contributed by atoms with Crippen molar-refractivity contribution >= 4 is 5.57 Å². The third-order valence-corrected chi connectivity index (χ3v) is 3.85. The second-order valence-electron chi connectivity index (χ2n) is 5.21. The molecule has 0 spiro atoms. The zero-order valence-electron chi connectivity index (χ0n) is 11.2. The smallest absolute Gasteiger partial charge is 0.0592 e. The molecule has 0 saturated carbocycles. The molecule has 96 valence electrons. The van der Waals surface area contributed by atoms with Crippen molar-refractivity contribution in [2.75, 3.05) is 6.54 Å². The largest absolute Gasteiger partial charge is 0.365 e. The van der Waals surface area contributed by atoms with Crippen LogP contribution in [0.3, 0.4) is 0 Å². The molecular formula is C17H18N2. The highest BCUT2D eigenvalue weighted by atomic mass is 15.2. The third-order valence-electron chi connectivity index (χ3n) is 3.85. The molecule has 3 rings (SSSR count). The lowest BCUT2D eigenvalue weighted by molar-refractivity contribution is 0.236. The van der Waals surface area contributed by atoms with Gasteiger partial charge in [-0.3, -0.25) is 4.98 Å². The number of rotatable bonds is 2. The number of pyridine rings is 1. The molecule has 1 aliphatic carbocycles. The van der Waals surface area contributed by atoms with Crippen molar-refractivity contribution in [1.82, 2.24) is 9.88 Å². The van der Waals surface area contributed by atoms with Gasteiger partial charge in [0.05, 0.1) is 5.54 Å². The van der Waals surface area contributed by atoms with E-state index in [0.29, 0.717) is 0 Å². The van der Waals surface area contributed by atoms with Crippen LogP contribution in [0.2, 0.25) is 0 Å². The summed E-state index contributed by atoms with van der Waals surface area (Å²) in [6, 6.07) is 4.10. The fourth-order valence-electron chi connectivity index (χ4n) is 2.56. The van der Waals surface area contributed by atoms with E-state index in [4.69, 9.17) is 0 Å². The molecule has 2 aliphatic rings. The monoisotopic (exact) mass is 250 g/mol. The van der Waals surface area contributed by atoms with Gasteiger partial charge in [0.15, 0.2) is 0 Å². The molecule has 0 amide bonds. The lowest BCUT2D eigenvalue weighted by Gasteiger charge is -2.40. The molecule has 2 heteroatoms. The highest BCUT2D eigenvalue weighted by molar-refractivity contribution is 5.74. The molecule has 0 radical (unpaired) electrons. The zero-order chi connectivity index (χ0) is 13.1. The van der Waals surface area contributed by atoms with Gasteiger partial charge in [0.25, 0.3) is 0 Å². The number of allylic oxidation sites excluding steroid dienone is 4. The maximum Gasteiger partial charge on any atom is 0.0592 e. The molecule has 0 saturated heterocycles. The number of aromatic nitrogens is 1. The van der Waals surface area contributed by atoms with Gasteiger partial charge in [-0.25, -0.2) is 0 Å². The van der Waals surface area contributed by atoms with E-state index < -0.39 is 0 Å². The summed E-state index contributed by atoms with van der Waals surface area (Å²) in [7, 11) is 0. The van der Waals surface area contributed by atoms with Crippen LogP contribution in [0.15, 0.2) is 67.2 Å². The SMILES string of the molecule is CC1(N2C=CC(c3ccncc3)=CC2)C=CC=CC1. The normalized spacial score (nSPS) is 25.5. The Hall–Kier alpha value is -2.09. The van der Waals surface area contributed by atoms with E-state index in [1.165, 1.54) is 11.1 Å². The van der Waals surface area contributed by atoms with E-state index in [2.05, 4.69) is 71.6 Å². The van der Waals surface area contributed by atoms with Crippen molar-refractivity contribution in [2.24, 2.45) is 0 Å². The Morgan fingerprint density at radius 1 is 1.21 bits per heavy atom. The number of hydrogen-bond acceptors (Lipinski definition) is 2. The second kappa shape index (κ2) is 4.88. The topological polar surface area (TPSA) is 16.1 Å². The highest BCUT2D eigenvalue weighted by Crippen LogP contribution is 2.29. The summed E-state index contributed by atoms with van der Waals surface area (Å²) in [6.07, 6.45) is 20.2. The minimum atomic E-state index is 0.103. The van der Waals surface area contributed by atoms with Crippen molar-refractivity contribution < 1.29 is 0 Å². The summed E-state index contributed by atoms with van der Waals surface area (Å²) < 4.78 is 0. The molecule has 19 heavy (non-hydrogen) atoms. The molecular weight excluding hydrogens is 232 g/mol. The van der Waals surface area contributed by atoms with Crippen LogP contribution in [0.5, 0.6) is 0 Å². The quantitative estimate of drug-likeness (QED) is 0.797. The molecule has 0 N–H and O–H groups in total. The molecule has 1 aromatic rings. The van der Waals surface area contributed by atoms with Crippen LogP contribution in [0.25, 0.3) is 5.57 Å². The minimum Gasteiger partial charge on any atom is -0.365 e. The predicted molar refractivity (Wildman–Crippen MR) is 79.4 cm³/mol. The van der Waals surface area contributed by atoms with Gasteiger partial charge < -0.3 is 4.90 Å². The van der Waals surface area contributed by atoms with Crippen molar-refractivity contribution in [3.05, 3.63) is 72.7 Å². The molecule has 1 unspecified atom stereocenters. The Balaban J connectivity index is 1.76. The van der Waals surface area contributed by atoms with Gasteiger partial charge in [0.1, 0.15) is 0 Å². The molecule has 1 atom stereocenters. The summed E-state index contributed by atoms with van der Waals surface area (Å²) >= 11 is 0. The summed E-state index contributed by atoms with van der Waals surface area (Å²) in [5.74, 6) is 0. The van der Waals surface area contributed by atoms with E-state index in [0.717, 1.165) is 13.0 Å². The van der Waals surface area contributed by atoms with Gasteiger partial charge in [-0.05, 0) is 42.7 Å². The van der Waals surface area contributed by atoms with Crippen molar-refractivity contribution in [3.63, 3.8) is 0 Å². The highest BCUT2D eigenvalue weighted by Gasteiger charge is 2.27. The lowest BCUT2D eigenvalue weighted by Crippen LogP contribution is -2.42. The lowest BCUT2D eigenvalue weighted by atomic mass is 9.90.